The smallest absolute Gasteiger partial charge is 0.135 e. The van der Waals surface area contributed by atoms with E-state index in [-0.39, 0.29) is 0 Å². The lowest BCUT2D eigenvalue weighted by Gasteiger charge is -2.18. The Morgan fingerprint density at radius 2 is 1.07 bits per heavy atom. The molecule has 5 rings (SSSR count). The molecule has 0 aliphatic carbocycles. The van der Waals surface area contributed by atoms with Gasteiger partial charge in [-0.15, -0.1) is 0 Å². The summed E-state index contributed by atoms with van der Waals surface area (Å²) in [6, 6.07) is 32.6. The van der Waals surface area contributed by atoms with Gasteiger partial charge in [0.25, 0.3) is 0 Å². The van der Waals surface area contributed by atoms with Crippen molar-refractivity contribution in [2.75, 3.05) is 14.2 Å². The molecule has 0 aromatic heterocycles. The van der Waals surface area contributed by atoms with Crippen LogP contribution in [0, 0.1) is 0 Å². The Bertz CT molecular complexity index is 1180. The minimum Gasteiger partial charge on any atom is -0.497 e. The Hall–Kier alpha value is -3.30. The van der Waals surface area contributed by atoms with E-state index in [0.717, 1.165) is 11.5 Å². The molecule has 1 heterocycles. The molecule has 3 heteroatoms. The lowest BCUT2D eigenvalue weighted by atomic mass is 10.1. The summed E-state index contributed by atoms with van der Waals surface area (Å²) in [5.74, 6) is 1.81. The zero-order valence-electron chi connectivity index (χ0n) is 16.6. The van der Waals surface area contributed by atoms with Gasteiger partial charge in [0.2, 0.25) is 0 Å². The lowest BCUT2D eigenvalue weighted by Crippen LogP contribution is -2.49. The molecule has 1 aliphatic rings. The highest BCUT2D eigenvalue weighted by molar-refractivity contribution is 6.99. The van der Waals surface area contributed by atoms with E-state index in [1.807, 2.05) is 12.1 Å². The lowest BCUT2D eigenvalue weighted by molar-refractivity contribution is 0.415. The first-order chi connectivity index (χ1) is 14.3. The van der Waals surface area contributed by atoms with Crippen LogP contribution >= 0.6 is 0 Å². The third kappa shape index (κ3) is 2.95. The minimum atomic E-state index is -1.62. The summed E-state index contributed by atoms with van der Waals surface area (Å²) < 4.78 is 10.9. The van der Waals surface area contributed by atoms with Gasteiger partial charge >= 0.3 is 0 Å². The van der Waals surface area contributed by atoms with Gasteiger partial charge in [0.05, 0.1) is 14.2 Å². The summed E-state index contributed by atoms with van der Waals surface area (Å²) in [6.45, 7) is 0. The first kappa shape index (κ1) is 17.8. The van der Waals surface area contributed by atoms with E-state index in [1.165, 1.54) is 37.8 Å². The molecule has 0 N–H and O–H groups in total. The van der Waals surface area contributed by atoms with Gasteiger partial charge < -0.3 is 9.47 Å². The molecule has 0 unspecified atom stereocenters. The Labute approximate surface area is 173 Å². The van der Waals surface area contributed by atoms with E-state index < -0.39 is 8.80 Å². The van der Waals surface area contributed by atoms with E-state index in [2.05, 4.69) is 78.9 Å². The van der Waals surface area contributed by atoms with Crippen LogP contribution in [0.2, 0.25) is 0 Å². The van der Waals surface area contributed by atoms with E-state index in [9.17, 15) is 0 Å². The topological polar surface area (TPSA) is 18.5 Å². The summed E-state index contributed by atoms with van der Waals surface area (Å²) in [6.07, 6.45) is 0. The second-order valence-corrected chi connectivity index (χ2v) is 10.0. The Balaban J connectivity index is 1.72. The van der Waals surface area contributed by atoms with E-state index >= 15 is 0 Å². The number of rotatable bonds is 4. The number of benzene rings is 4. The van der Waals surface area contributed by atoms with Crippen molar-refractivity contribution in [1.82, 2.24) is 0 Å². The third-order valence-corrected chi connectivity index (χ3v) is 9.16. The van der Waals surface area contributed by atoms with Crippen molar-refractivity contribution in [1.29, 1.82) is 0 Å². The van der Waals surface area contributed by atoms with Crippen LogP contribution in [-0.4, -0.2) is 23.0 Å². The highest BCUT2D eigenvalue weighted by Crippen LogP contribution is 2.28. The monoisotopic (exact) mass is 394 g/mol. The van der Waals surface area contributed by atoms with E-state index in [0.29, 0.717) is 0 Å². The Morgan fingerprint density at radius 1 is 0.517 bits per heavy atom. The molecular weight excluding hydrogens is 372 g/mol. The summed E-state index contributed by atoms with van der Waals surface area (Å²) in [7, 11) is 1.83. The molecule has 4 aromatic carbocycles. The second-order valence-electron chi connectivity index (χ2n) is 7.29. The van der Waals surface area contributed by atoms with Crippen LogP contribution in [0.15, 0.2) is 91.0 Å². The molecule has 0 saturated carbocycles. The fraction of sp³-hybridized carbons (Fsp3) is 0.0769. The number of methoxy groups -OCH3 is 2. The van der Waals surface area contributed by atoms with Gasteiger partial charge in [-0.3, -0.25) is 0 Å². The SMILES string of the molecule is COc1ccc(-c2ccccc2[Si@@H]2c3ccccc3-c3ccc(OC)cc32)cc1. The van der Waals surface area contributed by atoms with Gasteiger partial charge in [0, 0.05) is 0 Å². The molecule has 0 fully saturated rings. The predicted octanol–water partition coefficient (Wildman–Crippen LogP) is 3.60. The molecule has 0 radical (unpaired) electrons. The molecule has 142 valence electrons. The Morgan fingerprint density at radius 3 is 1.76 bits per heavy atom. The molecule has 29 heavy (non-hydrogen) atoms. The summed E-state index contributed by atoms with van der Waals surface area (Å²) in [5, 5.41) is 4.36. The second kappa shape index (κ2) is 7.26. The molecule has 1 aliphatic heterocycles. The highest BCUT2D eigenvalue weighted by atomic mass is 28.3. The summed E-state index contributed by atoms with van der Waals surface area (Å²) >= 11 is 0. The molecule has 1 atom stereocenters. The maximum atomic E-state index is 5.57. The molecule has 0 spiro atoms. The average molecular weight is 395 g/mol. The molecule has 0 saturated heterocycles. The van der Waals surface area contributed by atoms with Gasteiger partial charge in [0.15, 0.2) is 0 Å². The third-order valence-electron chi connectivity index (χ3n) is 5.80. The number of ether oxygens (including phenoxy) is 2. The predicted molar refractivity (Wildman–Crippen MR) is 123 cm³/mol. The maximum absolute atomic E-state index is 5.57. The first-order valence-electron chi connectivity index (χ1n) is 9.80. The average Bonchev–Trinajstić information content (AvgIpc) is 3.12. The van der Waals surface area contributed by atoms with Gasteiger partial charge in [0.1, 0.15) is 20.3 Å². The van der Waals surface area contributed by atoms with Crippen molar-refractivity contribution in [3.8, 4) is 33.8 Å². The number of fused-ring (bicyclic) bond motifs is 3. The fourth-order valence-electron chi connectivity index (χ4n) is 4.43. The molecular formula is C26H22O2Si. The van der Waals surface area contributed by atoms with E-state index in [1.54, 1.807) is 14.2 Å². The van der Waals surface area contributed by atoms with Gasteiger partial charge in [-0.05, 0) is 62.1 Å². The molecule has 2 nitrogen and oxygen atoms in total. The normalized spacial score (nSPS) is 14.2. The zero-order valence-corrected chi connectivity index (χ0v) is 17.7. The fourth-order valence-corrected chi connectivity index (χ4v) is 8.07. The van der Waals surface area contributed by atoms with Crippen LogP contribution in [0.4, 0.5) is 0 Å². The number of hydrogen-bond acceptors (Lipinski definition) is 2. The quantitative estimate of drug-likeness (QED) is 0.434. The molecule has 0 bridgehead atoms. The summed E-state index contributed by atoms with van der Waals surface area (Å²) in [4.78, 5) is 0. The van der Waals surface area contributed by atoms with Crippen LogP contribution in [-0.2, 0) is 0 Å². The van der Waals surface area contributed by atoms with Crippen molar-refractivity contribution < 1.29 is 9.47 Å². The van der Waals surface area contributed by atoms with Crippen LogP contribution in [0.3, 0.4) is 0 Å². The summed E-state index contributed by atoms with van der Waals surface area (Å²) in [5.41, 5.74) is 5.24. The first-order valence-corrected chi connectivity index (χ1v) is 11.5. The van der Waals surface area contributed by atoms with Crippen LogP contribution in [0.1, 0.15) is 0 Å². The van der Waals surface area contributed by atoms with Crippen molar-refractivity contribution in [2.24, 2.45) is 0 Å². The highest BCUT2D eigenvalue weighted by Gasteiger charge is 2.32. The Kier molecular flexibility index (Phi) is 4.45. The van der Waals surface area contributed by atoms with Gasteiger partial charge in [-0.2, -0.15) is 0 Å². The maximum Gasteiger partial charge on any atom is 0.135 e. The van der Waals surface area contributed by atoms with Crippen molar-refractivity contribution in [3.05, 3.63) is 91.0 Å². The van der Waals surface area contributed by atoms with Crippen LogP contribution in [0.5, 0.6) is 11.5 Å². The van der Waals surface area contributed by atoms with Gasteiger partial charge in [-0.25, -0.2) is 0 Å². The van der Waals surface area contributed by atoms with Crippen molar-refractivity contribution in [3.63, 3.8) is 0 Å². The number of hydrogen-bond donors (Lipinski definition) is 0. The van der Waals surface area contributed by atoms with E-state index in [4.69, 9.17) is 9.47 Å². The van der Waals surface area contributed by atoms with Crippen molar-refractivity contribution in [2.45, 2.75) is 0 Å². The largest absolute Gasteiger partial charge is 0.497 e. The molecule has 0 amide bonds. The van der Waals surface area contributed by atoms with Crippen LogP contribution < -0.4 is 25.0 Å². The minimum absolute atomic E-state index is 0.879. The zero-order chi connectivity index (χ0) is 19.8. The standard InChI is InChI=1S/C26H22O2Si/c1-27-19-13-11-18(12-14-19)21-7-3-5-9-24(21)29-25-10-6-4-8-22(25)23-16-15-20(28-2)17-26(23)29/h3-17,29H,1-2H3/t29-/m1/s1. The van der Waals surface area contributed by atoms with Crippen molar-refractivity contribution >= 4 is 24.4 Å². The van der Waals surface area contributed by atoms with Crippen LogP contribution in [0.25, 0.3) is 22.3 Å². The molecule has 4 aromatic rings. The van der Waals surface area contributed by atoms with Gasteiger partial charge in [-0.1, -0.05) is 66.7 Å².